The molecule has 0 saturated heterocycles. The Bertz CT molecular complexity index is 258. The van der Waals surface area contributed by atoms with Crippen molar-refractivity contribution < 1.29 is 0 Å². The maximum absolute atomic E-state index is 5.64. The lowest BCUT2D eigenvalue weighted by Gasteiger charge is -2.05. The van der Waals surface area contributed by atoms with Gasteiger partial charge in [0, 0.05) is 0 Å². The van der Waals surface area contributed by atoms with Crippen molar-refractivity contribution >= 4 is 13.3 Å². The summed E-state index contributed by atoms with van der Waals surface area (Å²) >= 11 is 0. The smallest absolute Gasteiger partial charge is 0.113 e. The largest absolute Gasteiger partial charge is 0.319 e. The summed E-state index contributed by atoms with van der Waals surface area (Å²) in [4.78, 5) is 0. The molecule has 1 N–H and O–H groups in total. The lowest BCUT2D eigenvalue weighted by molar-refractivity contribution is 0.789. The Balaban J connectivity index is 2.72. The van der Waals surface area contributed by atoms with Crippen LogP contribution in [0.3, 0.4) is 0 Å². The molecule has 0 amide bonds. The van der Waals surface area contributed by atoms with E-state index >= 15 is 0 Å². The average Bonchev–Trinajstić information content (AvgIpc) is 2.03. The van der Waals surface area contributed by atoms with Crippen LogP contribution in [0.1, 0.15) is 11.1 Å². The van der Waals surface area contributed by atoms with E-state index in [2.05, 4.69) is 18.3 Å². The Morgan fingerprint density at radius 3 is 2.75 bits per heavy atom. The molecule has 0 aliphatic carbocycles. The Labute approximate surface area is 75.6 Å². The van der Waals surface area contributed by atoms with Crippen LogP contribution in [0.4, 0.5) is 0 Å². The van der Waals surface area contributed by atoms with Gasteiger partial charge in [-0.15, -0.1) is 0 Å². The Morgan fingerprint density at radius 1 is 1.42 bits per heavy atom. The predicted octanol–water partition coefficient (Wildman–Crippen LogP) is 0.551. The second kappa shape index (κ2) is 4.32. The van der Waals surface area contributed by atoms with Crippen LogP contribution >= 0.6 is 0 Å². The summed E-state index contributed by atoms with van der Waals surface area (Å²) in [7, 11) is 7.61. The SMILES string of the molecule is [B]c1ccc(CCNC)c(C)c1. The summed E-state index contributed by atoms with van der Waals surface area (Å²) in [5, 5.41) is 3.13. The van der Waals surface area contributed by atoms with E-state index in [0.717, 1.165) is 18.4 Å². The van der Waals surface area contributed by atoms with Crippen LogP contribution in [0.25, 0.3) is 0 Å². The van der Waals surface area contributed by atoms with Gasteiger partial charge >= 0.3 is 0 Å². The molecule has 0 aliphatic rings. The zero-order valence-electron chi connectivity index (χ0n) is 7.72. The van der Waals surface area contributed by atoms with Gasteiger partial charge in [-0.25, -0.2) is 0 Å². The van der Waals surface area contributed by atoms with Crippen LogP contribution in [0.15, 0.2) is 18.2 Å². The molecule has 0 aromatic heterocycles. The highest BCUT2D eigenvalue weighted by Crippen LogP contribution is 2.05. The normalized spacial score (nSPS) is 10.2. The predicted molar refractivity (Wildman–Crippen MR) is 54.2 cm³/mol. The number of aryl methyl sites for hydroxylation is 1. The zero-order chi connectivity index (χ0) is 8.97. The molecule has 0 aliphatic heterocycles. The lowest BCUT2D eigenvalue weighted by Crippen LogP contribution is -2.12. The summed E-state index contributed by atoms with van der Waals surface area (Å²) in [6.45, 7) is 3.12. The van der Waals surface area contributed by atoms with E-state index in [0.29, 0.717) is 0 Å². The van der Waals surface area contributed by atoms with Gasteiger partial charge < -0.3 is 5.32 Å². The van der Waals surface area contributed by atoms with Gasteiger partial charge in [0.25, 0.3) is 0 Å². The first-order valence-corrected chi connectivity index (χ1v) is 4.23. The Kier molecular flexibility index (Phi) is 3.36. The summed E-state index contributed by atoms with van der Waals surface area (Å²) < 4.78 is 0. The molecule has 0 heterocycles. The van der Waals surface area contributed by atoms with Crippen LogP contribution in [-0.2, 0) is 6.42 Å². The van der Waals surface area contributed by atoms with Crippen molar-refractivity contribution in [1.29, 1.82) is 0 Å². The van der Waals surface area contributed by atoms with Crippen molar-refractivity contribution in [2.75, 3.05) is 13.6 Å². The molecule has 0 bridgehead atoms. The van der Waals surface area contributed by atoms with Crippen LogP contribution < -0.4 is 10.8 Å². The summed E-state index contributed by atoms with van der Waals surface area (Å²) in [5.41, 5.74) is 3.50. The van der Waals surface area contributed by atoms with Gasteiger partial charge in [-0.1, -0.05) is 23.7 Å². The maximum Gasteiger partial charge on any atom is 0.113 e. The number of nitrogens with one attached hydrogen (secondary N) is 1. The van der Waals surface area contributed by atoms with Crippen molar-refractivity contribution in [1.82, 2.24) is 5.32 Å². The fourth-order valence-corrected chi connectivity index (χ4v) is 1.26. The highest BCUT2D eigenvalue weighted by molar-refractivity contribution is 6.32. The summed E-state index contributed by atoms with van der Waals surface area (Å²) in [6, 6.07) is 6.07. The second-order valence-electron chi connectivity index (χ2n) is 3.04. The highest BCUT2D eigenvalue weighted by Gasteiger charge is 1.96. The minimum atomic E-state index is 0.848. The molecule has 0 fully saturated rings. The van der Waals surface area contributed by atoms with Gasteiger partial charge in [0.1, 0.15) is 7.85 Å². The Hall–Kier alpha value is -0.755. The molecule has 0 saturated carbocycles. The molecule has 1 nitrogen and oxygen atoms in total. The molecule has 2 radical (unpaired) electrons. The average molecular weight is 159 g/mol. The van der Waals surface area contributed by atoms with Crippen molar-refractivity contribution in [2.24, 2.45) is 0 Å². The maximum atomic E-state index is 5.64. The van der Waals surface area contributed by atoms with Crippen molar-refractivity contribution in [3.8, 4) is 0 Å². The van der Waals surface area contributed by atoms with Gasteiger partial charge in [-0.05, 0) is 38.1 Å². The fraction of sp³-hybridized carbons (Fsp3) is 0.400. The quantitative estimate of drug-likeness (QED) is 0.635. The minimum absolute atomic E-state index is 0.848. The molecular weight excluding hydrogens is 145 g/mol. The summed E-state index contributed by atoms with van der Waals surface area (Å²) in [6.07, 6.45) is 1.07. The molecule has 1 aromatic rings. The summed E-state index contributed by atoms with van der Waals surface area (Å²) in [5.74, 6) is 0. The molecule has 2 heteroatoms. The lowest BCUT2D eigenvalue weighted by atomic mass is 9.92. The number of rotatable bonds is 3. The zero-order valence-corrected chi connectivity index (χ0v) is 7.72. The Morgan fingerprint density at radius 2 is 2.17 bits per heavy atom. The molecule has 0 unspecified atom stereocenters. The van der Waals surface area contributed by atoms with Crippen LogP contribution in [0, 0.1) is 6.92 Å². The molecule has 1 aromatic carbocycles. The topological polar surface area (TPSA) is 12.0 Å². The molecule has 12 heavy (non-hydrogen) atoms. The van der Waals surface area contributed by atoms with Crippen LogP contribution in [0.5, 0.6) is 0 Å². The van der Waals surface area contributed by atoms with E-state index in [1.165, 1.54) is 11.1 Å². The number of hydrogen-bond donors (Lipinski definition) is 1. The van der Waals surface area contributed by atoms with Crippen LogP contribution in [0.2, 0.25) is 0 Å². The number of benzene rings is 1. The highest BCUT2D eigenvalue weighted by atomic mass is 14.8. The number of hydrogen-bond acceptors (Lipinski definition) is 1. The van der Waals surface area contributed by atoms with Crippen molar-refractivity contribution in [3.63, 3.8) is 0 Å². The molecule has 1 rings (SSSR count). The van der Waals surface area contributed by atoms with Crippen molar-refractivity contribution in [3.05, 3.63) is 29.3 Å². The van der Waals surface area contributed by atoms with E-state index in [9.17, 15) is 0 Å². The minimum Gasteiger partial charge on any atom is -0.319 e. The molecule has 0 spiro atoms. The van der Waals surface area contributed by atoms with Crippen LogP contribution in [-0.4, -0.2) is 21.4 Å². The monoisotopic (exact) mass is 159 g/mol. The first-order valence-electron chi connectivity index (χ1n) is 4.23. The number of likely N-dealkylation sites (N-methyl/N-ethyl adjacent to an activating group) is 1. The first kappa shape index (κ1) is 9.33. The van der Waals surface area contributed by atoms with E-state index in [1.807, 2.05) is 19.2 Å². The third-order valence-corrected chi connectivity index (χ3v) is 2.01. The first-order chi connectivity index (χ1) is 5.74. The molecule has 0 atom stereocenters. The van der Waals surface area contributed by atoms with Crippen molar-refractivity contribution in [2.45, 2.75) is 13.3 Å². The fourth-order valence-electron chi connectivity index (χ4n) is 1.26. The third-order valence-electron chi connectivity index (χ3n) is 2.01. The van der Waals surface area contributed by atoms with Gasteiger partial charge in [0.2, 0.25) is 0 Å². The second-order valence-corrected chi connectivity index (χ2v) is 3.04. The van der Waals surface area contributed by atoms with Gasteiger partial charge in [0.05, 0.1) is 0 Å². The van der Waals surface area contributed by atoms with E-state index in [-0.39, 0.29) is 0 Å². The van der Waals surface area contributed by atoms with E-state index in [1.54, 1.807) is 0 Å². The molecule has 62 valence electrons. The van der Waals surface area contributed by atoms with E-state index in [4.69, 9.17) is 7.85 Å². The van der Waals surface area contributed by atoms with Gasteiger partial charge in [-0.3, -0.25) is 0 Å². The standard InChI is InChI=1S/C10H14BN/c1-8-7-10(11)4-3-9(8)5-6-12-2/h3-4,7,12H,5-6H2,1-2H3. The molecular formula is C10H14BN. The van der Waals surface area contributed by atoms with Gasteiger partial charge in [-0.2, -0.15) is 0 Å². The van der Waals surface area contributed by atoms with Gasteiger partial charge in [0.15, 0.2) is 0 Å². The van der Waals surface area contributed by atoms with E-state index < -0.39 is 0 Å². The third kappa shape index (κ3) is 2.38.